The summed E-state index contributed by atoms with van der Waals surface area (Å²) in [5.41, 5.74) is 2.50. The average Bonchev–Trinajstić information content (AvgIpc) is 3.39. The molecule has 1 saturated heterocycles. The Balaban J connectivity index is 0.000000210. The van der Waals surface area contributed by atoms with Crippen LogP contribution in [0.15, 0.2) is 24.5 Å². The number of hydrogen-bond donors (Lipinski definition) is 0. The summed E-state index contributed by atoms with van der Waals surface area (Å²) < 4.78 is 9.09. The SMILES string of the molecule is CCCCCCCCCCCCCN1CC(C)OC(C)C1.Cc1cccc2sc3nncn3c12. The average molecular weight is 487 g/mol. The highest BCUT2D eigenvalue weighted by molar-refractivity contribution is 7.23. The molecule has 0 bridgehead atoms. The van der Waals surface area contributed by atoms with Crippen molar-refractivity contribution in [1.29, 1.82) is 0 Å². The number of morpholine rings is 1. The normalized spacial score (nSPS) is 18.9. The zero-order valence-corrected chi connectivity index (χ0v) is 22.8. The first kappa shape index (κ1) is 27.1. The molecule has 190 valence electrons. The summed E-state index contributed by atoms with van der Waals surface area (Å²) in [5, 5.41) is 7.90. The predicted octanol–water partition coefficient (Wildman–Crippen LogP) is 7.66. The molecule has 34 heavy (non-hydrogen) atoms. The Labute approximate surface area is 210 Å². The Morgan fingerprint density at radius 3 is 2.18 bits per heavy atom. The van der Waals surface area contributed by atoms with Gasteiger partial charge in [0.15, 0.2) is 0 Å². The molecule has 5 nitrogen and oxygen atoms in total. The number of ether oxygens (including phenoxy) is 1. The van der Waals surface area contributed by atoms with E-state index in [1.54, 1.807) is 17.7 Å². The van der Waals surface area contributed by atoms with Gasteiger partial charge in [0.1, 0.15) is 6.33 Å². The topological polar surface area (TPSA) is 42.7 Å². The lowest BCUT2D eigenvalue weighted by Crippen LogP contribution is -2.45. The van der Waals surface area contributed by atoms with Crippen molar-refractivity contribution in [2.75, 3.05) is 19.6 Å². The molecule has 2 aromatic heterocycles. The second-order valence-corrected chi connectivity index (χ2v) is 11.1. The summed E-state index contributed by atoms with van der Waals surface area (Å²) in [6.45, 7) is 12.3. The van der Waals surface area contributed by atoms with Gasteiger partial charge in [0.25, 0.3) is 0 Å². The van der Waals surface area contributed by atoms with Crippen LogP contribution in [0.5, 0.6) is 0 Å². The van der Waals surface area contributed by atoms with Gasteiger partial charge in [0.05, 0.1) is 22.4 Å². The van der Waals surface area contributed by atoms with Crippen LogP contribution in [0.4, 0.5) is 0 Å². The van der Waals surface area contributed by atoms with Crippen LogP contribution in [-0.2, 0) is 4.74 Å². The number of thiazole rings is 1. The number of rotatable bonds is 12. The molecular weight excluding hydrogens is 440 g/mol. The fourth-order valence-corrected chi connectivity index (χ4v) is 6.06. The first-order chi connectivity index (χ1) is 16.6. The standard InChI is InChI=1S/C19H39NO.C9H7N3S/c1-4-5-6-7-8-9-10-11-12-13-14-15-20-16-18(2)21-19(3)17-20;1-6-3-2-4-7-8(6)12-5-10-11-9(12)13-7/h18-19H,4-17H2,1-3H3;2-5H,1H3. The van der Waals surface area contributed by atoms with Crippen molar-refractivity contribution in [3.05, 3.63) is 30.1 Å². The minimum Gasteiger partial charge on any atom is -0.373 e. The molecule has 6 heteroatoms. The van der Waals surface area contributed by atoms with Gasteiger partial charge in [-0.1, -0.05) is 94.6 Å². The minimum atomic E-state index is 0.418. The van der Waals surface area contributed by atoms with E-state index in [-0.39, 0.29) is 0 Å². The summed E-state index contributed by atoms with van der Waals surface area (Å²) in [6.07, 6.45) is 18.3. The third-order valence-electron chi connectivity index (χ3n) is 6.73. The lowest BCUT2D eigenvalue weighted by molar-refractivity contribution is -0.0681. The molecule has 3 aromatic rings. The van der Waals surface area contributed by atoms with E-state index in [0.717, 1.165) is 18.1 Å². The zero-order valence-electron chi connectivity index (χ0n) is 22.0. The number of benzene rings is 1. The molecule has 1 fully saturated rings. The second-order valence-electron chi connectivity index (χ2n) is 10.1. The van der Waals surface area contributed by atoms with E-state index in [0.29, 0.717) is 12.2 Å². The van der Waals surface area contributed by atoms with Crippen LogP contribution < -0.4 is 0 Å². The summed E-state index contributed by atoms with van der Waals surface area (Å²) in [6, 6.07) is 6.29. The van der Waals surface area contributed by atoms with Crippen molar-refractivity contribution in [2.24, 2.45) is 0 Å². The second kappa shape index (κ2) is 14.8. The first-order valence-electron chi connectivity index (χ1n) is 13.6. The highest BCUT2D eigenvalue weighted by Gasteiger charge is 2.21. The van der Waals surface area contributed by atoms with Gasteiger partial charge in [-0.25, -0.2) is 0 Å². The summed E-state index contributed by atoms with van der Waals surface area (Å²) in [5.74, 6) is 0. The highest BCUT2D eigenvalue weighted by Crippen LogP contribution is 2.26. The third kappa shape index (κ3) is 8.62. The van der Waals surface area contributed by atoms with Gasteiger partial charge in [-0.05, 0) is 45.4 Å². The van der Waals surface area contributed by atoms with E-state index < -0.39 is 0 Å². The molecule has 1 aromatic carbocycles. The Hall–Kier alpha value is -1.50. The fourth-order valence-electron chi connectivity index (χ4n) is 5.04. The maximum Gasteiger partial charge on any atom is 0.217 e. The first-order valence-corrected chi connectivity index (χ1v) is 14.5. The number of aryl methyl sites for hydroxylation is 1. The number of unbranched alkanes of at least 4 members (excludes halogenated alkanes) is 10. The van der Waals surface area contributed by atoms with Crippen LogP contribution in [0.3, 0.4) is 0 Å². The van der Waals surface area contributed by atoms with Crippen molar-refractivity contribution >= 4 is 26.5 Å². The molecule has 0 saturated carbocycles. The Kier molecular flexibility index (Phi) is 11.8. The van der Waals surface area contributed by atoms with Crippen molar-refractivity contribution in [1.82, 2.24) is 19.5 Å². The Morgan fingerprint density at radius 2 is 1.53 bits per heavy atom. The van der Waals surface area contributed by atoms with E-state index in [1.165, 1.54) is 93.0 Å². The maximum absolute atomic E-state index is 5.78. The highest BCUT2D eigenvalue weighted by atomic mass is 32.1. The number of hydrogen-bond acceptors (Lipinski definition) is 5. The molecule has 0 N–H and O–H groups in total. The van der Waals surface area contributed by atoms with Crippen LogP contribution in [0, 0.1) is 6.92 Å². The van der Waals surface area contributed by atoms with Crippen LogP contribution in [0.2, 0.25) is 0 Å². The molecule has 1 aliphatic rings. The fraction of sp³-hybridized carbons (Fsp3) is 0.714. The smallest absolute Gasteiger partial charge is 0.217 e. The van der Waals surface area contributed by atoms with Crippen molar-refractivity contribution < 1.29 is 4.74 Å². The summed E-state index contributed by atoms with van der Waals surface area (Å²) >= 11 is 1.67. The van der Waals surface area contributed by atoms with Gasteiger partial charge in [0, 0.05) is 13.1 Å². The van der Waals surface area contributed by atoms with Crippen molar-refractivity contribution in [3.8, 4) is 0 Å². The molecule has 2 atom stereocenters. The lowest BCUT2D eigenvalue weighted by atomic mass is 10.1. The number of para-hydroxylation sites is 1. The van der Waals surface area contributed by atoms with Gasteiger partial charge in [0.2, 0.25) is 4.96 Å². The van der Waals surface area contributed by atoms with Gasteiger partial charge < -0.3 is 4.74 Å². The predicted molar refractivity (Wildman–Crippen MR) is 146 cm³/mol. The van der Waals surface area contributed by atoms with Crippen LogP contribution in [0.25, 0.3) is 15.2 Å². The molecule has 0 spiro atoms. The summed E-state index contributed by atoms with van der Waals surface area (Å²) in [4.78, 5) is 3.55. The quantitative estimate of drug-likeness (QED) is 0.246. The Bertz CT molecular complexity index is 942. The molecular formula is C28H46N4OS. The van der Waals surface area contributed by atoms with Gasteiger partial charge in [-0.2, -0.15) is 0 Å². The van der Waals surface area contributed by atoms with Gasteiger partial charge in [-0.15, -0.1) is 10.2 Å². The van der Waals surface area contributed by atoms with E-state index in [4.69, 9.17) is 4.74 Å². The van der Waals surface area contributed by atoms with E-state index >= 15 is 0 Å². The minimum absolute atomic E-state index is 0.418. The monoisotopic (exact) mass is 486 g/mol. The molecule has 4 rings (SSSR count). The number of aromatic nitrogens is 3. The molecule has 1 aliphatic heterocycles. The molecule has 3 heterocycles. The van der Waals surface area contributed by atoms with Crippen LogP contribution in [0.1, 0.15) is 97.0 Å². The number of fused-ring (bicyclic) bond motifs is 3. The molecule has 0 radical (unpaired) electrons. The molecule has 0 aliphatic carbocycles. The third-order valence-corrected chi connectivity index (χ3v) is 7.74. The van der Waals surface area contributed by atoms with Crippen molar-refractivity contribution in [2.45, 2.75) is 111 Å². The van der Waals surface area contributed by atoms with E-state index in [2.05, 4.69) is 61.0 Å². The zero-order chi connectivity index (χ0) is 24.2. The largest absolute Gasteiger partial charge is 0.373 e. The van der Waals surface area contributed by atoms with Crippen LogP contribution >= 0.6 is 11.3 Å². The summed E-state index contributed by atoms with van der Waals surface area (Å²) in [7, 11) is 0. The van der Waals surface area contributed by atoms with Gasteiger partial charge >= 0.3 is 0 Å². The van der Waals surface area contributed by atoms with Crippen molar-refractivity contribution in [3.63, 3.8) is 0 Å². The van der Waals surface area contributed by atoms with Gasteiger partial charge in [-0.3, -0.25) is 9.30 Å². The van der Waals surface area contributed by atoms with Crippen LogP contribution in [-0.4, -0.2) is 51.3 Å². The maximum atomic E-state index is 5.78. The van der Waals surface area contributed by atoms with E-state index in [9.17, 15) is 0 Å². The Morgan fingerprint density at radius 1 is 0.912 bits per heavy atom. The molecule has 2 unspecified atom stereocenters. The van der Waals surface area contributed by atoms with E-state index in [1.807, 2.05) is 4.40 Å². The molecule has 0 amide bonds. The lowest BCUT2D eigenvalue weighted by Gasteiger charge is -2.35. The number of nitrogens with zero attached hydrogens (tertiary/aromatic N) is 4.